The minimum Gasteiger partial charge on any atom is -0.489 e. The first-order valence-corrected chi connectivity index (χ1v) is 10.0. The summed E-state index contributed by atoms with van der Waals surface area (Å²) in [5, 5.41) is 0. The van der Waals surface area contributed by atoms with Crippen LogP contribution in [0, 0.1) is 0 Å². The van der Waals surface area contributed by atoms with Crippen molar-refractivity contribution < 1.29 is 21.9 Å². The lowest BCUT2D eigenvalue weighted by Crippen LogP contribution is -2.40. The summed E-state index contributed by atoms with van der Waals surface area (Å²) in [5.41, 5.74) is -0.589. The van der Waals surface area contributed by atoms with Gasteiger partial charge in [0.05, 0.1) is 15.5 Å². The van der Waals surface area contributed by atoms with Gasteiger partial charge in [0.1, 0.15) is 5.75 Å². The quantitative estimate of drug-likeness (QED) is 0.773. The molecule has 1 fully saturated rings. The van der Waals surface area contributed by atoms with Crippen LogP contribution < -0.4 is 9.46 Å². The average molecular weight is 426 g/mol. The van der Waals surface area contributed by atoms with E-state index in [0.717, 1.165) is 0 Å². The number of sulfonamides is 1. The molecule has 0 aliphatic heterocycles. The van der Waals surface area contributed by atoms with Gasteiger partial charge in [0.25, 0.3) is 0 Å². The molecule has 0 bridgehead atoms. The van der Waals surface area contributed by atoms with Gasteiger partial charge in [-0.1, -0.05) is 0 Å². The molecule has 0 aromatic heterocycles. The Balaban J connectivity index is 2.10. The largest absolute Gasteiger partial charge is 0.489 e. The third-order valence-corrected chi connectivity index (χ3v) is 5.99. The summed E-state index contributed by atoms with van der Waals surface area (Å²) >= 11 is 3.30. The van der Waals surface area contributed by atoms with E-state index in [2.05, 4.69) is 20.7 Å². The van der Waals surface area contributed by atoms with E-state index in [1.165, 1.54) is 12.1 Å². The van der Waals surface area contributed by atoms with Crippen LogP contribution in [0.3, 0.4) is 0 Å². The van der Waals surface area contributed by atoms with Gasteiger partial charge in [-0.15, -0.1) is 0 Å². The molecule has 1 aliphatic carbocycles. The molecule has 0 heterocycles. The van der Waals surface area contributed by atoms with Crippen LogP contribution in [0.4, 0.5) is 8.78 Å². The third-order valence-electron chi connectivity index (χ3n) is 3.61. The summed E-state index contributed by atoms with van der Waals surface area (Å²) in [7, 11) is -3.64. The molecular weight excluding hydrogens is 404 g/mol. The third kappa shape index (κ3) is 5.39. The van der Waals surface area contributed by atoms with Crippen LogP contribution in [-0.2, 0) is 10.0 Å². The molecule has 1 aromatic carbocycles. The maximum absolute atomic E-state index is 13.2. The van der Waals surface area contributed by atoms with Gasteiger partial charge in [0.15, 0.2) is 0 Å². The highest BCUT2D eigenvalue weighted by Gasteiger charge is 2.36. The van der Waals surface area contributed by atoms with E-state index < -0.39 is 21.5 Å². The fourth-order valence-electron chi connectivity index (χ4n) is 2.52. The normalized spacial score (nSPS) is 19.2. The molecule has 1 aliphatic rings. The zero-order valence-electron chi connectivity index (χ0n) is 13.9. The van der Waals surface area contributed by atoms with E-state index in [9.17, 15) is 17.2 Å². The lowest BCUT2D eigenvalue weighted by Gasteiger charge is -2.29. The van der Waals surface area contributed by atoms with Gasteiger partial charge >= 0.3 is 0 Å². The molecule has 1 N–H and O–H groups in total. The van der Waals surface area contributed by atoms with Gasteiger partial charge in [-0.25, -0.2) is 21.9 Å². The van der Waals surface area contributed by atoms with E-state index >= 15 is 0 Å². The van der Waals surface area contributed by atoms with Gasteiger partial charge < -0.3 is 4.74 Å². The van der Waals surface area contributed by atoms with Gasteiger partial charge in [0.2, 0.25) is 15.9 Å². The number of hydrogen-bond donors (Lipinski definition) is 1. The van der Waals surface area contributed by atoms with Crippen molar-refractivity contribution in [3.05, 3.63) is 22.7 Å². The molecule has 0 atom stereocenters. The first kappa shape index (κ1) is 19.6. The number of benzene rings is 1. The van der Waals surface area contributed by atoms with Crippen molar-refractivity contribution in [3.8, 4) is 5.75 Å². The predicted molar refractivity (Wildman–Crippen MR) is 92.0 cm³/mol. The van der Waals surface area contributed by atoms with Crippen molar-refractivity contribution in [2.45, 2.75) is 68.9 Å². The highest BCUT2D eigenvalue weighted by molar-refractivity contribution is 9.10. The van der Waals surface area contributed by atoms with Crippen LogP contribution in [0.2, 0.25) is 0 Å². The van der Waals surface area contributed by atoms with Gasteiger partial charge in [-0.3, -0.25) is 0 Å². The predicted octanol–water partition coefficient (Wildman–Crippen LogP) is 4.48. The number of nitrogens with one attached hydrogen (secondary N) is 1. The summed E-state index contributed by atoms with van der Waals surface area (Å²) < 4.78 is 59.8. The maximum atomic E-state index is 13.2. The molecule has 2 rings (SSSR count). The zero-order valence-corrected chi connectivity index (χ0v) is 16.3. The molecule has 0 amide bonds. The summed E-state index contributed by atoms with van der Waals surface area (Å²) in [5.74, 6) is -2.15. The minimum atomic E-state index is -3.64. The summed E-state index contributed by atoms with van der Waals surface area (Å²) in [6.45, 7) is 5.28. The molecule has 4 nitrogen and oxygen atoms in total. The van der Waals surface area contributed by atoms with Crippen LogP contribution in [-0.4, -0.2) is 26.0 Å². The average Bonchev–Trinajstić information content (AvgIpc) is 2.40. The lowest BCUT2D eigenvalue weighted by atomic mass is 9.94. The Kier molecular flexibility index (Phi) is 5.62. The Morgan fingerprint density at radius 3 is 2.33 bits per heavy atom. The smallest absolute Gasteiger partial charge is 0.248 e. The summed E-state index contributed by atoms with van der Waals surface area (Å²) in [6, 6.07) is 4.46. The van der Waals surface area contributed by atoms with E-state index in [1.807, 2.05) is 0 Å². The Hall–Kier alpha value is -0.730. The topological polar surface area (TPSA) is 55.4 Å². The Bertz CT molecular complexity index is 692. The van der Waals surface area contributed by atoms with Gasteiger partial charge in [0, 0.05) is 18.4 Å². The van der Waals surface area contributed by atoms with Crippen LogP contribution in [0.1, 0.15) is 46.5 Å². The van der Waals surface area contributed by atoms with E-state index in [0.29, 0.717) is 10.2 Å². The lowest BCUT2D eigenvalue weighted by molar-refractivity contribution is -0.0583. The van der Waals surface area contributed by atoms with E-state index in [1.54, 1.807) is 26.8 Å². The second-order valence-corrected chi connectivity index (χ2v) is 9.66. The van der Waals surface area contributed by atoms with Crippen molar-refractivity contribution >= 4 is 26.0 Å². The molecule has 0 spiro atoms. The highest BCUT2D eigenvalue weighted by atomic mass is 79.9. The molecule has 1 saturated carbocycles. The number of rotatable bonds is 4. The fraction of sp³-hybridized carbons (Fsp3) is 0.625. The monoisotopic (exact) mass is 425 g/mol. The summed E-state index contributed by atoms with van der Waals surface area (Å²) in [6.07, 6.45) is -0.0824. The van der Waals surface area contributed by atoms with E-state index in [4.69, 9.17) is 4.74 Å². The molecule has 8 heteroatoms. The molecule has 1 aromatic rings. The Morgan fingerprint density at radius 2 is 1.83 bits per heavy atom. The molecule has 0 saturated heterocycles. The Morgan fingerprint density at radius 1 is 1.25 bits per heavy atom. The first-order valence-electron chi connectivity index (χ1n) is 7.76. The van der Waals surface area contributed by atoms with Crippen molar-refractivity contribution in [2.24, 2.45) is 0 Å². The molecule has 0 radical (unpaired) electrons. The zero-order chi connectivity index (χ0) is 18.2. The van der Waals surface area contributed by atoms with Crippen LogP contribution in [0.15, 0.2) is 27.6 Å². The molecule has 136 valence electrons. The summed E-state index contributed by atoms with van der Waals surface area (Å²) in [4.78, 5) is 0.117. The van der Waals surface area contributed by atoms with Crippen molar-refractivity contribution in [1.82, 2.24) is 4.72 Å². The van der Waals surface area contributed by atoms with Crippen LogP contribution in [0.5, 0.6) is 5.75 Å². The van der Waals surface area contributed by atoms with E-state index in [-0.39, 0.29) is 36.7 Å². The van der Waals surface area contributed by atoms with Gasteiger partial charge in [-0.05, 0) is 67.7 Å². The second kappa shape index (κ2) is 6.88. The van der Waals surface area contributed by atoms with Gasteiger partial charge in [-0.2, -0.15) is 0 Å². The Labute approximate surface area is 150 Å². The number of halogens is 3. The van der Waals surface area contributed by atoms with Crippen molar-refractivity contribution in [3.63, 3.8) is 0 Å². The second-order valence-electron chi connectivity index (χ2n) is 7.12. The van der Waals surface area contributed by atoms with Crippen LogP contribution in [0.25, 0.3) is 0 Å². The van der Waals surface area contributed by atoms with Crippen LogP contribution >= 0.6 is 15.9 Å². The SMILES string of the molecule is CC(C)(C)NS(=O)(=O)c1ccc(OC2CCC(F)(F)CC2)c(Br)c1. The molecule has 0 unspecified atom stereocenters. The number of hydrogen-bond acceptors (Lipinski definition) is 3. The van der Waals surface area contributed by atoms with Crippen molar-refractivity contribution in [2.75, 3.05) is 0 Å². The number of alkyl halides is 2. The molecular formula is C16H22BrF2NO3S. The first-order chi connectivity index (χ1) is 10.9. The van der Waals surface area contributed by atoms with Crippen molar-refractivity contribution in [1.29, 1.82) is 0 Å². The molecule has 24 heavy (non-hydrogen) atoms. The highest BCUT2D eigenvalue weighted by Crippen LogP contribution is 2.36. The fourth-order valence-corrected chi connectivity index (χ4v) is 4.59. The maximum Gasteiger partial charge on any atom is 0.248 e. The standard InChI is InChI=1S/C16H22BrF2NO3S/c1-15(2,3)20-24(21,22)12-4-5-14(13(17)10-12)23-11-6-8-16(18,19)9-7-11/h4-5,10-11,20H,6-9H2,1-3H3. The number of ether oxygens (including phenoxy) is 1. The minimum absolute atomic E-state index is 0.117.